The van der Waals surface area contributed by atoms with Gasteiger partial charge in [0.05, 0.1) is 28.8 Å². The van der Waals surface area contributed by atoms with Crippen LogP contribution >= 0.6 is 11.8 Å². The van der Waals surface area contributed by atoms with Gasteiger partial charge in [0, 0.05) is 5.56 Å². The van der Waals surface area contributed by atoms with Gasteiger partial charge in [-0.1, -0.05) is 0 Å². The Morgan fingerprint density at radius 1 is 1.23 bits per heavy atom. The maximum atomic E-state index is 12.5. The zero-order valence-corrected chi connectivity index (χ0v) is 15.2. The van der Waals surface area contributed by atoms with E-state index >= 15 is 0 Å². The van der Waals surface area contributed by atoms with Crippen LogP contribution in [0.1, 0.15) is 30.6 Å². The summed E-state index contributed by atoms with van der Waals surface area (Å²) in [6, 6.07) is 5.20. The van der Waals surface area contributed by atoms with Crippen LogP contribution in [0.2, 0.25) is 0 Å². The first-order valence-corrected chi connectivity index (χ1v) is 9.34. The van der Waals surface area contributed by atoms with Crippen molar-refractivity contribution in [2.45, 2.75) is 31.7 Å². The van der Waals surface area contributed by atoms with Gasteiger partial charge < -0.3 is 20.9 Å². The second-order valence-corrected chi connectivity index (χ2v) is 7.49. The fourth-order valence-electron chi connectivity index (χ4n) is 2.71. The van der Waals surface area contributed by atoms with E-state index in [2.05, 4.69) is 27.0 Å². The first-order chi connectivity index (χ1) is 12.4. The van der Waals surface area contributed by atoms with Gasteiger partial charge in [0.2, 0.25) is 5.91 Å². The molecule has 1 saturated heterocycles. The molecule has 140 valence electrons. The van der Waals surface area contributed by atoms with Crippen LogP contribution < -0.4 is 27.0 Å². The summed E-state index contributed by atoms with van der Waals surface area (Å²) >= 11 is 1.48. The number of imide groups is 1. The largest absolute Gasteiger partial charge is 0.447 e. The van der Waals surface area contributed by atoms with Crippen molar-refractivity contribution < 1.29 is 19.1 Å². The number of hydrogen-bond acceptors (Lipinski definition) is 8. The normalized spacial score (nSPS) is 20.7. The van der Waals surface area contributed by atoms with Gasteiger partial charge in [-0.2, -0.15) is 0 Å². The van der Waals surface area contributed by atoms with Gasteiger partial charge >= 0.3 is 6.09 Å². The van der Waals surface area contributed by atoms with E-state index in [1.165, 1.54) is 11.8 Å². The van der Waals surface area contributed by atoms with Crippen molar-refractivity contribution in [3.63, 3.8) is 0 Å². The third-order valence-electron chi connectivity index (χ3n) is 3.95. The number of anilines is 2. The summed E-state index contributed by atoms with van der Waals surface area (Å²) < 4.78 is 4.92. The number of hydrazine groups is 2. The summed E-state index contributed by atoms with van der Waals surface area (Å²) in [6.45, 7) is 3.41. The third kappa shape index (κ3) is 4.20. The quantitative estimate of drug-likeness (QED) is 0.533. The molecule has 1 fully saturated rings. The summed E-state index contributed by atoms with van der Waals surface area (Å²) in [6.07, 6.45) is -0.499. The molecule has 2 unspecified atom stereocenters. The van der Waals surface area contributed by atoms with Crippen LogP contribution in [0.5, 0.6) is 0 Å². The van der Waals surface area contributed by atoms with Crippen molar-refractivity contribution in [3.05, 3.63) is 23.8 Å². The predicted molar refractivity (Wildman–Crippen MR) is 98.4 cm³/mol. The summed E-state index contributed by atoms with van der Waals surface area (Å²) in [5.41, 5.74) is 10.6. The lowest BCUT2D eigenvalue weighted by Gasteiger charge is -2.19. The van der Waals surface area contributed by atoms with Gasteiger partial charge in [-0.25, -0.2) is 4.79 Å². The first-order valence-electron chi connectivity index (χ1n) is 8.29. The number of amides is 3. The molecule has 3 amide bonds. The second kappa shape index (κ2) is 7.83. The summed E-state index contributed by atoms with van der Waals surface area (Å²) in [4.78, 5) is 36.4. The van der Waals surface area contributed by atoms with Gasteiger partial charge in [0.15, 0.2) is 0 Å². The molecule has 1 aromatic rings. The highest BCUT2D eigenvalue weighted by molar-refractivity contribution is 8.00. The van der Waals surface area contributed by atoms with Crippen LogP contribution in [0.25, 0.3) is 0 Å². The molecule has 2 heterocycles. The number of ether oxygens (including phenoxy) is 1. The Bertz CT molecular complexity index is 727. The fourth-order valence-corrected chi connectivity index (χ4v) is 4.04. The van der Waals surface area contributed by atoms with E-state index in [0.29, 0.717) is 12.0 Å². The molecule has 1 aromatic carbocycles. The summed E-state index contributed by atoms with van der Waals surface area (Å²) in [5, 5.41) is 4.72. The topological polar surface area (TPSA) is 121 Å². The van der Waals surface area contributed by atoms with Crippen molar-refractivity contribution in [2.75, 3.05) is 16.6 Å². The van der Waals surface area contributed by atoms with E-state index < -0.39 is 23.3 Å². The fraction of sp³-hybridized carbons (Fsp3) is 0.438. The van der Waals surface area contributed by atoms with Crippen LogP contribution in [0, 0.1) is 5.92 Å². The SMILES string of the molecule is CC(C)OC(=O)NC(=O)C1CCSC1NC(=O)c1ccc2c(c1)NNN2. The minimum Gasteiger partial charge on any atom is -0.447 e. The van der Waals surface area contributed by atoms with Gasteiger partial charge in [-0.15, -0.1) is 17.3 Å². The zero-order chi connectivity index (χ0) is 18.7. The Morgan fingerprint density at radius 2 is 2.00 bits per heavy atom. The highest BCUT2D eigenvalue weighted by Crippen LogP contribution is 2.31. The van der Waals surface area contributed by atoms with E-state index in [9.17, 15) is 14.4 Å². The van der Waals surface area contributed by atoms with Crippen LogP contribution in [-0.4, -0.2) is 35.1 Å². The highest BCUT2D eigenvalue weighted by Gasteiger charge is 2.36. The van der Waals surface area contributed by atoms with Crippen LogP contribution in [0.4, 0.5) is 16.2 Å². The van der Waals surface area contributed by atoms with E-state index in [1.54, 1.807) is 32.0 Å². The number of rotatable bonds is 4. The number of thioether (sulfide) groups is 1. The standard InChI is InChI=1S/C16H21N5O4S/c1-8(2)25-16(24)18-14(23)10-5-6-26-15(10)17-13(22)9-3-4-11-12(7-9)20-21-19-11/h3-4,7-8,10,15,19-21H,5-6H2,1-2H3,(H,17,22)(H,18,23,24). The molecular formula is C16H21N5O4S. The molecule has 2 aliphatic rings. The van der Waals surface area contributed by atoms with E-state index in [4.69, 9.17) is 4.74 Å². The molecule has 0 bridgehead atoms. The van der Waals surface area contributed by atoms with Crippen molar-refractivity contribution in [3.8, 4) is 0 Å². The third-order valence-corrected chi connectivity index (χ3v) is 5.22. The number of benzene rings is 1. The molecular weight excluding hydrogens is 358 g/mol. The smallest absolute Gasteiger partial charge is 0.414 e. The number of fused-ring (bicyclic) bond motifs is 1. The Morgan fingerprint density at radius 3 is 2.77 bits per heavy atom. The van der Waals surface area contributed by atoms with Gasteiger partial charge in [0.25, 0.3) is 5.91 Å². The van der Waals surface area contributed by atoms with Crippen molar-refractivity contribution in [2.24, 2.45) is 5.92 Å². The average molecular weight is 379 g/mol. The Balaban J connectivity index is 1.60. The molecule has 26 heavy (non-hydrogen) atoms. The van der Waals surface area contributed by atoms with Crippen molar-refractivity contribution in [1.82, 2.24) is 16.2 Å². The van der Waals surface area contributed by atoms with Crippen LogP contribution in [0.3, 0.4) is 0 Å². The number of nitrogens with one attached hydrogen (secondary N) is 5. The van der Waals surface area contributed by atoms with E-state index in [0.717, 1.165) is 17.1 Å². The van der Waals surface area contributed by atoms with Gasteiger partial charge in [-0.05, 0) is 44.2 Å². The predicted octanol–water partition coefficient (Wildman–Crippen LogP) is 1.41. The monoisotopic (exact) mass is 379 g/mol. The molecule has 0 saturated carbocycles. The lowest BCUT2D eigenvalue weighted by atomic mass is 10.1. The first kappa shape index (κ1) is 18.3. The molecule has 0 aromatic heterocycles. The summed E-state index contributed by atoms with van der Waals surface area (Å²) in [5.74, 6) is -0.472. The van der Waals surface area contributed by atoms with E-state index in [1.807, 2.05) is 0 Å². The minimum atomic E-state index is -0.767. The average Bonchev–Trinajstić information content (AvgIpc) is 3.21. The molecule has 0 radical (unpaired) electrons. The Labute approximate surface area is 154 Å². The lowest BCUT2D eigenvalue weighted by Crippen LogP contribution is -2.44. The maximum absolute atomic E-state index is 12.5. The maximum Gasteiger partial charge on any atom is 0.414 e. The number of alkyl carbamates (subject to hydrolysis) is 1. The zero-order valence-electron chi connectivity index (χ0n) is 14.4. The molecule has 2 aliphatic heterocycles. The second-order valence-electron chi connectivity index (χ2n) is 6.24. The number of hydrogen-bond donors (Lipinski definition) is 5. The number of carbonyl (C=O) groups excluding carboxylic acids is 3. The number of carbonyl (C=O) groups is 3. The molecule has 0 aliphatic carbocycles. The molecule has 9 nitrogen and oxygen atoms in total. The van der Waals surface area contributed by atoms with Gasteiger partial charge in [0.1, 0.15) is 0 Å². The Hall–Kier alpha value is -2.46. The Kier molecular flexibility index (Phi) is 5.52. The van der Waals surface area contributed by atoms with Crippen LogP contribution in [-0.2, 0) is 9.53 Å². The molecule has 0 spiro atoms. The molecule has 5 N–H and O–H groups in total. The minimum absolute atomic E-state index is 0.275. The van der Waals surface area contributed by atoms with Crippen molar-refractivity contribution >= 4 is 41.0 Å². The molecule has 2 atom stereocenters. The van der Waals surface area contributed by atoms with E-state index in [-0.39, 0.29) is 12.0 Å². The lowest BCUT2D eigenvalue weighted by molar-refractivity contribution is -0.124. The highest BCUT2D eigenvalue weighted by atomic mass is 32.2. The van der Waals surface area contributed by atoms with Gasteiger partial charge in [-0.3, -0.25) is 14.9 Å². The summed E-state index contributed by atoms with van der Waals surface area (Å²) in [7, 11) is 0. The molecule has 3 rings (SSSR count). The molecule has 10 heteroatoms. The van der Waals surface area contributed by atoms with Crippen molar-refractivity contribution in [1.29, 1.82) is 0 Å². The van der Waals surface area contributed by atoms with Crippen LogP contribution in [0.15, 0.2) is 18.2 Å².